The molecule has 0 aliphatic rings. The smallest absolute Gasteiger partial charge is 0.233 e. The normalized spacial score (nSPS) is 10.7. The van der Waals surface area contributed by atoms with Gasteiger partial charge in [0.1, 0.15) is 5.82 Å². The van der Waals surface area contributed by atoms with Crippen LogP contribution in [0.2, 0.25) is 5.02 Å². The molecule has 0 heterocycles. The van der Waals surface area contributed by atoms with Gasteiger partial charge in [-0.2, -0.15) is 0 Å². The molecule has 0 aromatic heterocycles. The van der Waals surface area contributed by atoms with Gasteiger partial charge in [0.05, 0.1) is 6.54 Å². The summed E-state index contributed by atoms with van der Waals surface area (Å²) in [4.78, 5) is 11.4. The summed E-state index contributed by atoms with van der Waals surface area (Å²) in [6.45, 7) is 5.14. The van der Waals surface area contributed by atoms with Crippen molar-refractivity contribution in [3.63, 3.8) is 0 Å². The van der Waals surface area contributed by atoms with E-state index in [1.807, 2.05) is 13.8 Å². The van der Waals surface area contributed by atoms with Gasteiger partial charge < -0.3 is 10.6 Å². The van der Waals surface area contributed by atoms with Crippen LogP contribution in [-0.2, 0) is 11.3 Å². The number of hydrogen-bond acceptors (Lipinski definition) is 2. The monoisotopic (exact) mass is 272 g/mol. The molecule has 100 valence electrons. The molecule has 1 amide bonds. The summed E-state index contributed by atoms with van der Waals surface area (Å²) in [7, 11) is 0. The molecule has 0 saturated heterocycles. The fourth-order valence-corrected chi connectivity index (χ4v) is 1.56. The lowest BCUT2D eigenvalue weighted by Crippen LogP contribution is -2.35. The molecule has 18 heavy (non-hydrogen) atoms. The molecule has 0 unspecified atom stereocenters. The number of halogens is 2. The Morgan fingerprint density at radius 3 is 2.83 bits per heavy atom. The van der Waals surface area contributed by atoms with E-state index in [9.17, 15) is 9.18 Å². The second kappa shape index (κ2) is 7.34. The molecule has 3 nitrogen and oxygen atoms in total. The van der Waals surface area contributed by atoms with Gasteiger partial charge in [0.2, 0.25) is 5.91 Å². The lowest BCUT2D eigenvalue weighted by atomic mass is 10.2. The van der Waals surface area contributed by atoms with Gasteiger partial charge in [-0.3, -0.25) is 4.79 Å². The van der Waals surface area contributed by atoms with Crippen molar-refractivity contribution < 1.29 is 9.18 Å². The third-order valence-electron chi connectivity index (χ3n) is 2.32. The van der Waals surface area contributed by atoms with E-state index in [1.165, 1.54) is 12.1 Å². The highest BCUT2D eigenvalue weighted by Gasteiger charge is 2.05. The van der Waals surface area contributed by atoms with Crippen molar-refractivity contribution in [1.82, 2.24) is 10.6 Å². The van der Waals surface area contributed by atoms with Crippen LogP contribution in [0.4, 0.5) is 4.39 Å². The second-order valence-electron chi connectivity index (χ2n) is 4.54. The fraction of sp³-hybridized carbons (Fsp3) is 0.462. The van der Waals surface area contributed by atoms with Gasteiger partial charge in [0.15, 0.2) is 0 Å². The Bertz CT molecular complexity index is 410. The molecule has 0 atom stereocenters. The Morgan fingerprint density at radius 2 is 2.17 bits per heavy atom. The molecule has 1 aromatic carbocycles. The number of carbonyl (C=O) groups excluding carboxylic acids is 1. The lowest BCUT2D eigenvalue weighted by molar-refractivity contribution is -0.120. The Labute approximate surface area is 112 Å². The van der Waals surface area contributed by atoms with E-state index in [4.69, 9.17) is 11.6 Å². The SMILES string of the molecule is CC(C)CNC(=O)CNCc1cc(Cl)ccc1F. The highest BCUT2D eigenvalue weighted by atomic mass is 35.5. The molecule has 1 aromatic rings. The van der Waals surface area contributed by atoms with Crippen LogP contribution in [-0.4, -0.2) is 19.0 Å². The summed E-state index contributed by atoms with van der Waals surface area (Å²) < 4.78 is 13.3. The number of amides is 1. The van der Waals surface area contributed by atoms with Crippen LogP contribution in [0.1, 0.15) is 19.4 Å². The Hall–Kier alpha value is -1.13. The zero-order valence-corrected chi connectivity index (χ0v) is 11.4. The highest BCUT2D eigenvalue weighted by molar-refractivity contribution is 6.30. The molecule has 2 N–H and O–H groups in total. The van der Waals surface area contributed by atoms with Gasteiger partial charge in [-0.1, -0.05) is 25.4 Å². The average molecular weight is 273 g/mol. The minimum atomic E-state index is -0.325. The zero-order valence-electron chi connectivity index (χ0n) is 10.6. The Kier molecular flexibility index (Phi) is 6.09. The Morgan fingerprint density at radius 1 is 1.44 bits per heavy atom. The van der Waals surface area contributed by atoms with E-state index in [0.717, 1.165) is 0 Å². The molecular formula is C13H18ClFN2O. The maximum atomic E-state index is 13.3. The molecule has 0 saturated carbocycles. The highest BCUT2D eigenvalue weighted by Crippen LogP contribution is 2.14. The van der Waals surface area contributed by atoms with E-state index < -0.39 is 0 Å². The molecule has 0 aliphatic carbocycles. The largest absolute Gasteiger partial charge is 0.355 e. The summed E-state index contributed by atoms with van der Waals surface area (Å²) in [5.41, 5.74) is 0.458. The maximum Gasteiger partial charge on any atom is 0.233 e. The first-order valence-electron chi connectivity index (χ1n) is 5.90. The number of nitrogens with one attached hydrogen (secondary N) is 2. The first kappa shape index (κ1) is 14.9. The number of hydrogen-bond donors (Lipinski definition) is 2. The van der Waals surface area contributed by atoms with Gasteiger partial charge >= 0.3 is 0 Å². The molecule has 0 spiro atoms. The third-order valence-corrected chi connectivity index (χ3v) is 2.55. The van der Waals surface area contributed by atoms with Crippen molar-refractivity contribution in [3.05, 3.63) is 34.6 Å². The summed E-state index contributed by atoms with van der Waals surface area (Å²) in [5, 5.41) is 6.14. The van der Waals surface area contributed by atoms with Crippen LogP contribution in [0, 0.1) is 11.7 Å². The second-order valence-corrected chi connectivity index (χ2v) is 4.97. The van der Waals surface area contributed by atoms with Crippen LogP contribution < -0.4 is 10.6 Å². The van der Waals surface area contributed by atoms with Gasteiger partial charge in [0.25, 0.3) is 0 Å². The van der Waals surface area contributed by atoms with Crippen molar-refractivity contribution >= 4 is 17.5 Å². The fourth-order valence-electron chi connectivity index (χ4n) is 1.37. The number of rotatable bonds is 6. The van der Waals surface area contributed by atoms with Crippen LogP contribution in [0.3, 0.4) is 0 Å². The Balaban J connectivity index is 2.33. The standard InChI is InChI=1S/C13H18ClFN2O/c1-9(2)6-17-13(18)8-16-7-10-5-11(14)3-4-12(10)15/h3-5,9,16H,6-8H2,1-2H3,(H,17,18). The topological polar surface area (TPSA) is 41.1 Å². The van der Waals surface area contributed by atoms with E-state index >= 15 is 0 Å². The summed E-state index contributed by atoms with van der Waals surface area (Å²) in [6.07, 6.45) is 0. The van der Waals surface area contributed by atoms with Gasteiger partial charge in [-0.15, -0.1) is 0 Å². The van der Waals surface area contributed by atoms with Gasteiger partial charge in [-0.05, 0) is 24.1 Å². The van der Waals surface area contributed by atoms with E-state index in [1.54, 1.807) is 6.07 Å². The first-order chi connectivity index (χ1) is 8.49. The predicted octanol–water partition coefficient (Wildman–Crippen LogP) is 2.34. The lowest BCUT2D eigenvalue weighted by Gasteiger charge is -2.09. The predicted molar refractivity (Wildman–Crippen MR) is 71.0 cm³/mol. The van der Waals surface area contributed by atoms with Crippen molar-refractivity contribution in [1.29, 1.82) is 0 Å². The average Bonchev–Trinajstić information content (AvgIpc) is 2.31. The molecule has 0 aliphatic heterocycles. The van der Waals surface area contributed by atoms with Gasteiger partial charge in [-0.25, -0.2) is 4.39 Å². The van der Waals surface area contributed by atoms with Crippen LogP contribution in [0.15, 0.2) is 18.2 Å². The quantitative estimate of drug-likeness (QED) is 0.835. The molecule has 1 rings (SSSR count). The summed E-state index contributed by atoms with van der Waals surface area (Å²) >= 11 is 5.77. The molecule has 0 fully saturated rings. The maximum absolute atomic E-state index is 13.3. The van der Waals surface area contributed by atoms with Crippen molar-refractivity contribution in [3.8, 4) is 0 Å². The minimum Gasteiger partial charge on any atom is -0.355 e. The van der Waals surface area contributed by atoms with E-state index in [0.29, 0.717) is 23.0 Å². The van der Waals surface area contributed by atoms with Crippen molar-refractivity contribution in [2.24, 2.45) is 5.92 Å². The summed E-state index contributed by atoms with van der Waals surface area (Å²) in [5.74, 6) is -0.0000470. The minimum absolute atomic E-state index is 0.0915. The zero-order chi connectivity index (χ0) is 13.5. The first-order valence-corrected chi connectivity index (χ1v) is 6.28. The van der Waals surface area contributed by atoms with Crippen LogP contribution >= 0.6 is 11.6 Å². The third kappa shape index (κ3) is 5.47. The van der Waals surface area contributed by atoms with Crippen molar-refractivity contribution in [2.45, 2.75) is 20.4 Å². The molecule has 5 heteroatoms. The van der Waals surface area contributed by atoms with Gasteiger partial charge in [0, 0.05) is 23.7 Å². The number of carbonyl (C=O) groups is 1. The van der Waals surface area contributed by atoms with Crippen LogP contribution in [0.5, 0.6) is 0 Å². The number of benzene rings is 1. The molecular weight excluding hydrogens is 255 g/mol. The molecule has 0 radical (unpaired) electrons. The summed E-state index contributed by atoms with van der Waals surface area (Å²) in [6, 6.07) is 4.36. The van der Waals surface area contributed by atoms with E-state index in [2.05, 4.69) is 10.6 Å². The van der Waals surface area contributed by atoms with Crippen LogP contribution in [0.25, 0.3) is 0 Å². The molecule has 0 bridgehead atoms. The van der Waals surface area contributed by atoms with E-state index in [-0.39, 0.29) is 24.8 Å². The van der Waals surface area contributed by atoms with Crippen molar-refractivity contribution in [2.75, 3.05) is 13.1 Å².